The molecule has 3 atom stereocenters. The summed E-state index contributed by atoms with van der Waals surface area (Å²) in [7, 11) is 0. The molecule has 13 nitrogen and oxygen atoms in total. The molecule has 14 heteroatoms. The van der Waals surface area contributed by atoms with Crippen molar-refractivity contribution < 1.29 is 57.6 Å². The first kappa shape index (κ1) is 52.6. The van der Waals surface area contributed by atoms with Crippen molar-refractivity contribution in [3.8, 4) is 0 Å². The molecule has 2 unspecified atom stereocenters. The molecule has 1 rings (SSSR count). The summed E-state index contributed by atoms with van der Waals surface area (Å²) in [6.07, 6.45) is 15.6. The lowest BCUT2D eigenvalue weighted by molar-refractivity contribution is -0.170. The lowest BCUT2D eigenvalue weighted by Crippen LogP contribution is -2.47. The number of hydrogen-bond donors (Lipinski definition) is 2. The molecule has 1 aromatic carbocycles. The molecule has 0 bridgehead atoms. The minimum Gasteiger partial charge on any atom is -0.481 e. The molecule has 0 radical (unpaired) electrons. The molecule has 0 aliphatic rings. The van der Waals surface area contributed by atoms with E-state index in [0.29, 0.717) is 6.42 Å². The Morgan fingerprint density at radius 3 is 1.81 bits per heavy atom. The van der Waals surface area contributed by atoms with E-state index in [1.807, 2.05) is 28.7 Å². The highest BCUT2D eigenvalue weighted by molar-refractivity contribution is 14.1. The number of esters is 4. The van der Waals surface area contributed by atoms with Gasteiger partial charge in [-0.05, 0) is 54.3 Å². The van der Waals surface area contributed by atoms with Gasteiger partial charge in [0, 0.05) is 19.3 Å². The SMILES string of the molecule is CCCCCCCCCCCCCCCCCC(=O)OCCC(CC(C(=O)O)C(=O)OCC(C)(C)C(=O)OCI)OC(=O)[C@@H](NC(=O)OCc1ccccc1)C(C)C. The van der Waals surface area contributed by atoms with Gasteiger partial charge in [-0.15, -0.1) is 0 Å². The van der Waals surface area contributed by atoms with Crippen LogP contribution in [0.15, 0.2) is 30.3 Å². The number of carboxylic acids is 1. The van der Waals surface area contributed by atoms with Gasteiger partial charge >= 0.3 is 35.9 Å². The maximum absolute atomic E-state index is 13.5. The number of nitrogens with one attached hydrogen (secondary N) is 1. The second kappa shape index (κ2) is 31.5. The van der Waals surface area contributed by atoms with Gasteiger partial charge in [-0.3, -0.25) is 19.2 Å². The molecule has 0 aliphatic heterocycles. The molecule has 0 saturated heterocycles. The van der Waals surface area contributed by atoms with Crippen molar-refractivity contribution in [3.63, 3.8) is 0 Å². The topological polar surface area (TPSA) is 181 Å². The molecule has 1 amide bonds. The number of ether oxygens (including phenoxy) is 5. The summed E-state index contributed by atoms with van der Waals surface area (Å²) < 4.78 is 26.7. The Hall–Kier alpha value is -3.43. The number of carbonyl (C=O) groups is 6. The molecule has 0 aromatic heterocycles. The molecular weight excluding hydrogens is 861 g/mol. The number of benzene rings is 1. The van der Waals surface area contributed by atoms with Crippen molar-refractivity contribution in [1.82, 2.24) is 5.32 Å². The quantitative estimate of drug-likeness (QED) is 0.0170. The number of halogens is 1. The number of alkyl carbamates (subject to hydrolysis) is 1. The van der Waals surface area contributed by atoms with Crippen molar-refractivity contribution in [2.24, 2.45) is 17.3 Å². The van der Waals surface area contributed by atoms with E-state index in [2.05, 4.69) is 12.2 Å². The zero-order chi connectivity index (χ0) is 43.2. The Balaban J connectivity index is 2.74. The van der Waals surface area contributed by atoms with Crippen LogP contribution >= 0.6 is 22.6 Å². The van der Waals surface area contributed by atoms with Crippen molar-refractivity contribution in [1.29, 1.82) is 0 Å². The molecule has 0 heterocycles. The van der Waals surface area contributed by atoms with Gasteiger partial charge in [-0.1, -0.05) is 141 Å². The molecule has 0 aliphatic carbocycles. The Kier molecular flexibility index (Phi) is 28.5. The second-order valence-corrected chi connectivity index (χ2v) is 16.5. The normalized spacial score (nSPS) is 12.9. The van der Waals surface area contributed by atoms with Crippen LogP contribution in [0.3, 0.4) is 0 Å². The number of carboxylic acid groups (broad SMARTS) is 1. The average Bonchev–Trinajstić information content (AvgIpc) is 3.18. The van der Waals surface area contributed by atoms with E-state index < -0.39 is 78.4 Å². The van der Waals surface area contributed by atoms with Gasteiger partial charge in [-0.25, -0.2) is 9.59 Å². The van der Waals surface area contributed by atoms with E-state index >= 15 is 0 Å². The van der Waals surface area contributed by atoms with Gasteiger partial charge in [0.25, 0.3) is 0 Å². The first-order valence-corrected chi connectivity index (χ1v) is 22.7. The fourth-order valence-electron chi connectivity index (χ4n) is 6.09. The van der Waals surface area contributed by atoms with Crippen molar-refractivity contribution in [3.05, 3.63) is 35.9 Å². The highest BCUT2D eigenvalue weighted by Crippen LogP contribution is 2.22. The molecule has 0 saturated carbocycles. The van der Waals surface area contributed by atoms with Crippen molar-refractivity contribution in [2.45, 2.75) is 169 Å². The van der Waals surface area contributed by atoms with Crippen LogP contribution in [-0.2, 0) is 54.3 Å². The zero-order valence-corrected chi connectivity index (χ0v) is 37.7. The maximum atomic E-state index is 13.5. The van der Waals surface area contributed by atoms with Gasteiger partial charge in [0.2, 0.25) is 0 Å². The second-order valence-electron chi connectivity index (χ2n) is 15.9. The van der Waals surface area contributed by atoms with Gasteiger partial charge in [-0.2, -0.15) is 0 Å². The first-order valence-electron chi connectivity index (χ1n) is 21.2. The van der Waals surface area contributed by atoms with Crippen LogP contribution in [0.1, 0.15) is 156 Å². The lowest BCUT2D eigenvalue weighted by Gasteiger charge is -2.26. The summed E-state index contributed by atoms with van der Waals surface area (Å²) in [4.78, 5) is 76.4. The summed E-state index contributed by atoms with van der Waals surface area (Å²) in [6, 6.07) is 7.79. The predicted octanol–water partition coefficient (Wildman–Crippen LogP) is 9.64. The van der Waals surface area contributed by atoms with Gasteiger partial charge in [0.05, 0.1) is 12.0 Å². The fourth-order valence-corrected chi connectivity index (χ4v) is 6.37. The molecule has 330 valence electrons. The minimum absolute atomic E-state index is 0.0328. The van der Waals surface area contributed by atoms with Gasteiger partial charge in [0.1, 0.15) is 30.0 Å². The number of aliphatic carboxylic acids is 1. The summed E-state index contributed by atoms with van der Waals surface area (Å²) in [5.74, 6) is -6.88. The number of unbranched alkanes of at least 4 members (excludes halogenated alkanes) is 14. The molecule has 2 N–H and O–H groups in total. The highest BCUT2D eigenvalue weighted by Gasteiger charge is 2.37. The van der Waals surface area contributed by atoms with Crippen molar-refractivity contribution in [2.75, 3.05) is 17.8 Å². The largest absolute Gasteiger partial charge is 0.481 e. The van der Waals surface area contributed by atoms with E-state index in [0.717, 1.165) is 24.8 Å². The highest BCUT2D eigenvalue weighted by atomic mass is 127. The van der Waals surface area contributed by atoms with Crippen LogP contribution in [0, 0.1) is 17.3 Å². The third-order valence-corrected chi connectivity index (χ3v) is 10.1. The summed E-state index contributed by atoms with van der Waals surface area (Å²) in [5.41, 5.74) is -0.505. The number of amides is 1. The zero-order valence-electron chi connectivity index (χ0n) is 35.6. The molecule has 0 spiro atoms. The number of alkyl halides is 1. The van der Waals surface area contributed by atoms with Gasteiger partial charge < -0.3 is 34.1 Å². The lowest BCUT2D eigenvalue weighted by atomic mass is 9.95. The summed E-state index contributed by atoms with van der Waals surface area (Å²) in [6.45, 7) is 7.90. The van der Waals surface area contributed by atoms with Crippen LogP contribution in [0.25, 0.3) is 0 Å². The van der Waals surface area contributed by atoms with Crippen LogP contribution < -0.4 is 5.32 Å². The number of hydrogen-bond acceptors (Lipinski definition) is 11. The van der Waals surface area contributed by atoms with E-state index in [9.17, 15) is 33.9 Å². The van der Waals surface area contributed by atoms with E-state index in [4.69, 9.17) is 23.7 Å². The molecule has 0 fully saturated rings. The maximum Gasteiger partial charge on any atom is 0.408 e. The van der Waals surface area contributed by atoms with E-state index in [1.54, 1.807) is 38.1 Å². The fraction of sp³-hybridized carbons (Fsp3) is 0.727. The van der Waals surface area contributed by atoms with E-state index in [1.165, 1.54) is 84.5 Å². The monoisotopic (exact) mass is 931 g/mol. The Bertz CT molecular complexity index is 1340. The average molecular weight is 932 g/mol. The van der Waals surface area contributed by atoms with E-state index in [-0.39, 0.29) is 30.7 Å². The Morgan fingerprint density at radius 1 is 0.741 bits per heavy atom. The van der Waals surface area contributed by atoms with Gasteiger partial charge in [0.15, 0.2) is 5.92 Å². The number of carbonyl (C=O) groups excluding carboxylic acids is 5. The van der Waals surface area contributed by atoms with Crippen LogP contribution in [0.5, 0.6) is 0 Å². The van der Waals surface area contributed by atoms with Crippen molar-refractivity contribution >= 4 is 58.5 Å². The summed E-state index contributed by atoms with van der Waals surface area (Å²) in [5, 5.41) is 12.5. The Morgan fingerprint density at radius 2 is 1.29 bits per heavy atom. The molecule has 1 aromatic rings. The van der Waals surface area contributed by atoms with Crippen LogP contribution in [0.4, 0.5) is 4.79 Å². The standard InChI is InChI=1S/C44H70INO12/c1-6-7-8-9-10-11-12-13-14-15-16-17-18-19-23-26-37(47)54-28-27-35(29-36(39(48)49)40(50)56-31-44(4,5)42(52)57-32-45)58-41(51)38(33(2)3)46-43(53)55-30-34-24-21-20-22-25-34/h20-22,24-25,33,35-36,38H,6-19,23,26-32H2,1-5H3,(H,46,53)(H,48,49)/t35?,36?,38-/m0/s1. The third-order valence-electron chi connectivity index (χ3n) is 9.77. The van der Waals surface area contributed by atoms with Crippen LogP contribution in [0.2, 0.25) is 0 Å². The first-order chi connectivity index (χ1) is 27.7. The Labute approximate surface area is 359 Å². The minimum atomic E-state index is -1.79. The predicted molar refractivity (Wildman–Crippen MR) is 229 cm³/mol. The smallest absolute Gasteiger partial charge is 0.408 e. The summed E-state index contributed by atoms with van der Waals surface area (Å²) >= 11 is 1.85. The molecular formula is C44H70INO12. The number of rotatable bonds is 33. The van der Waals surface area contributed by atoms with Crippen LogP contribution in [-0.4, -0.2) is 71.0 Å². The molecule has 58 heavy (non-hydrogen) atoms. The third kappa shape index (κ3) is 24.5.